The Morgan fingerprint density at radius 3 is 2.83 bits per heavy atom. The first-order valence-electron chi connectivity index (χ1n) is 6.77. The van der Waals surface area contributed by atoms with Gasteiger partial charge in [0.1, 0.15) is 5.82 Å². The Labute approximate surface area is 110 Å². The van der Waals surface area contributed by atoms with Crippen molar-refractivity contribution in [3.8, 4) is 0 Å². The molecule has 102 valence electrons. The van der Waals surface area contributed by atoms with Crippen molar-refractivity contribution in [3.63, 3.8) is 0 Å². The zero-order valence-electron chi connectivity index (χ0n) is 11.3. The third kappa shape index (κ3) is 6.57. The molecule has 0 amide bonds. The number of nitrogens with zero attached hydrogens (tertiary/aromatic N) is 1. The lowest BCUT2D eigenvalue weighted by Gasteiger charge is -2.10. The van der Waals surface area contributed by atoms with E-state index in [4.69, 9.17) is 16.2 Å². The number of anilines is 1. The van der Waals surface area contributed by atoms with E-state index >= 15 is 0 Å². The summed E-state index contributed by atoms with van der Waals surface area (Å²) in [5.74, 6) is 0.582. The summed E-state index contributed by atoms with van der Waals surface area (Å²) in [6, 6.07) is 6.01. The first-order chi connectivity index (χ1) is 8.72. The van der Waals surface area contributed by atoms with Crippen LogP contribution in [0.3, 0.4) is 0 Å². The first kappa shape index (κ1) is 14.9. The molecule has 0 aliphatic carbocycles. The summed E-state index contributed by atoms with van der Waals surface area (Å²) >= 11 is 0. The molecule has 0 aliphatic heterocycles. The number of aryl methyl sites for hydroxylation is 1. The lowest BCUT2D eigenvalue weighted by Crippen LogP contribution is -2.21. The van der Waals surface area contributed by atoms with Crippen LogP contribution in [0.1, 0.15) is 38.3 Å². The lowest BCUT2D eigenvalue weighted by molar-refractivity contribution is 0.124. The van der Waals surface area contributed by atoms with Crippen molar-refractivity contribution in [2.45, 2.75) is 45.1 Å². The van der Waals surface area contributed by atoms with Gasteiger partial charge in [0.15, 0.2) is 0 Å². The van der Waals surface area contributed by atoms with Crippen molar-refractivity contribution < 1.29 is 4.74 Å². The number of nitrogens with two attached hydrogens (primary N) is 2. The van der Waals surface area contributed by atoms with Crippen LogP contribution in [0.2, 0.25) is 0 Å². The predicted octanol–water partition coefficient (Wildman–Crippen LogP) is 2.13. The molecule has 1 rings (SSSR count). The summed E-state index contributed by atoms with van der Waals surface area (Å²) < 4.78 is 5.56. The van der Waals surface area contributed by atoms with Gasteiger partial charge in [-0.05, 0) is 37.8 Å². The molecule has 0 fully saturated rings. The number of ether oxygens (including phenoxy) is 1. The normalized spacial score (nSPS) is 12.6. The fourth-order valence-corrected chi connectivity index (χ4v) is 1.84. The monoisotopic (exact) mass is 251 g/mol. The third-order valence-electron chi connectivity index (χ3n) is 2.84. The molecule has 1 atom stereocenters. The molecule has 0 spiro atoms. The number of aromatic nitrogens is 1. The first-order valence-corrected chi connectivity index (χ1v) is 6.77. The van der Waals surface area contributed by atoms with Crippen molar-refractivity contribution in [2.75, 3.05) is 18.9 Å². The third-order valence-corrected chi connectivity index (χ3v) is 2.84. The molecular formula is C14H25N3O. The molecule has 1 aromatic rings. The number of hydrogen-bond donors (Lipinski definition) is 2. The van der Waals surface area contributed by atoms with Crippen molar-refractivity contribution >= 4 is 5.82 Å². The molecule has 0 bridgehead atoms. The van der Waals surface area contributed by atoms with Crippen LogP contribution in [0.4, 0.5) is 5.82 Å². The van der Waals surface area contributed by atoms with Gasteiger partial charge in [0.2, 0.25) is 0 Å². The quantitative estimate of drug-likeness (QED) is 0.659. The largest absolute Gasteiger partial charge is 0.384 e. The minimum atomic E-state index is 0.283. The Bertz CT molecular complexity index is 331. The zero-order chi connectivity index (χ0) is 13.2. The number of pyridine rings is 1. The summed E-state index contributed by atoms with van der Waals surface area (Å²) in [6.07, 6.45) is 5.05. The van der Waals surface area contributed by atoms with E-state index in [2.05, 4.69) is 11.9 Å². The Hall–Kier alpha value is -1.13. The molecule has 4 N–H and O–H groups in total. The van der Waals surface area contributed by atoms with E-state index in [0.717, 1.165) is 51.0 Å². The highest BCUT2D eigenvalue weighted by atomic mass is 16.5. The Balaban J connectivity index is 2.02. The molecule has 0 aliphatic rings. The van der Waals surface area contributed by atoms with Crippen LogP contribution in [0.5, 0.6) is 0 Å². The van der Waals surface area contributed by atoms with Crippen LogP contribution in [-0.2, 0) is 11.2 Å². The van der Waals surface area contributed by atoms with E-state index in [9.17, 15) is 0 Å². The molecule has 0 aromatic carbocycles. The molecule has 1 aromatic heterocycles. The van der Waals surface area contributed by atoms with Crippen LogP contribution in [0.25, 0.3) is 0 Å². The average Bonchev–Trinajstić information content (AvgIpc) is 2.34. The van der Waals surface area contributed by atoms with Crippen molar-refractivity contribution in [3.05, 3.63) is 23.9 Å². The zero-order valence-corrected chi connectivity index (χ0v) is 11.3. The summed E-state index contributed by atoms with van der Waals surface area (Å²) in [4.78, 5) is 4.25. The fourth-order valence-electron chi connectivity index (χ4n) is 1.84. The van der Waals surface area contributed by atoms with Gasteiger partial charge in [-0.3, -0.25) is 0 Å². The molecule has 4 heteroatoms. The van der Waals surface area contributed by atoms with Crippen molar-refractivity contribution in [1.82, 2.24) is 4.98 Å². The Kier molecular flexibility index (Phi) is 7.37. The van der Waals surface area contributed by atoms with Gasteiger partial charge in [0, 0.05) is 24.9 Å². The maximum Gasteiger partial charge on any atom is 0.123 e. The minimum Gasteiger partial charge on any atom is -0.384 e. The second-order valence-electron chi connectivity index (χ2n) is 4.61. The molecule has 4 nitrogen and oxygen atoms in total. The van der Waals surface area contributed by atoms with Crippen LogP contribution >= 0.6 is 0 Å². The number of hydrogen-bond acceptors (Lipinski definition) is 4. The van der Waals surface area contributed by atoms with Crippen molar-refractivity contribution in [1.29, 1.82) is 0 Å². The molecule has 0 saturated heterocycles. The highest BCUT2D eigenvalue weighted by Gasteiger charge is 2.00. The maximum absolute atomic E-state index is 5.90. The van der Waals surface area contributed by atoms with Gasteiger partial charge in [-0.2, -0.15) is 0 Å². The van der Waals surface area contributed by atoms with Gasteiger partial charge in [-0.15, -0.1) is 0 Å². The second-order valence-corrected chi connectivity index (χ2v) is 4.61. The standard InChI is InChI=1S/C14H25N3O/c1-2-5-12(15)9-11-18-10-4-7-13-6-3-8-14(16)17-13/h3,6,8,12H,2,4-5,7,9-11,15H2,1H3,(H2,16,17). The molecule has 0 saturated carbocycles. The van der Waals surface area contributed by atoms with Gasteiger partial charge in [0.25, 0.3) is 0 Å². The molecule has 0 radical (unpaired) electrons. The predicted molar refractivity (Wildman–Crippen MR) is 75.3 cm³/mol. The number of nitrogen functional groups attached to an aromatic ring is 1. The smallest absolute Gasteiger partial charge is 0.123 e. The summed E-state index contributed by atoms with van der Waals surface area (Å²) in [6.45, 7) is 3.67. The topological polar surface area (TPSA) is 74.2 Å². The van der Waals surface area contributed by atoms with Crippen LogP contribution in [0.15, 0.2) is 18.2 Å². The minimum absolute atomic E-state index is 0.283. The van der Waals surface area contributed by atoms with Gasteiger partial charge in [0.05, 0.1) is 0 Å². The summed E-state index contributed by atoms with van der Waals surface area (Å²) in [5.41, 5.74) is 12.5. The van der Waals surface area contributed by atoms with Crippen LogP contribution in [-0.4, -0.2) is 24.2 Å². The van der Waals surface area contributed by atoms with Crippen LogP contribution in [0, 0.1) is 0 Å². The molecule has 1 heterocycles. The van der Waals surface area contributed by atoms with E-state index in [1.165, 1.54) is 0 Å². The van der Waals surface area contributed by atoms with E-state index in [-0.39, 0.29) is 6.04 Å². The fraction of sp³-hybridized carbons (Fsp3) is 0.643. The molecular weight excluding hydrogens is 226 g/mol. The molecule has 18 heavy (non-hydrogen) atoms. The van der Waals surface area contributed by atoms with Gasteiger partial charge < -0.3 is 16.2 Å². The van der Waals surface area contributed by atoms with Gasteiger partial charge in [-0.1, -0.05) is 19.4 Å². The van der Waals surface area contributed by atoms with E-state index < -0.39 is 0 Å². The van der Waals surface area contributed by atoms with Gasteiger partial charge in [-0.25, -0.2) is 4.98 Å². The lowest BCUT2D eigenvalue weighted by atomic mass is 10.1. The second kappa shape index (κ2) is 8.89. The average molecular weight is 251 g/mol. The summed E-state index contributed by atoms with van der Waals surface area (Å²) in [7, 11) is 0. The van der Waals surface area contributed by atoms with Crippen molar-refractivity contribution in [2.24, 2.45) is 5.73 Å². The highest BCUT2D eigenvalue weighted by molar-refractivity contribution is 5.28. The number of rotatable bonds is 9. The SMILES string of the molecule is CCCC(N)CCOCCCc1cccc(N)n1. The van der Waals surface area contributed by atoms with E-state index in [1.54, 1.807) is 6.07 Å². The van der Waals surface area contributed by atoms with Gasteiger partial charge >= 0.3 is 0 Å². The van der Waals surface area contributed by atoms with Crippen LogP contribution < -0.4 is 11.5 Å². The maximum atomic E-state index is 5.90. The Morgan fingerprint density at radius 1 is 1.28 bits per heavy atom. The van der Waals surface area contributed by atoms with E-state index in [0.29, 0.717) is 5.82 Å². The van der Waals surface area contributed by atoms with E-state index in [1.807, 2.05) is 12.1 Å². The highest BCUT2D eigenvalue weighted by Crippen LogP contribution is 2.04. The molecule has 1 unspecified atom stereocenters. The summed E-state index contributed by atoms with van der Waals surface area (Å²) in [5, 5.41) is 0. The Morgan fingerprint density at radius 2 is 2.11 bits per heavy atom.